The van der Waals surface area contributed by atoms with E-state index in [1.54, 1.807) is 0 Å². The number of benzene rings is 1. The molecule has 2 rings (SSSR count). The lowest BCUT2D eigenvalue weighted by Crippen LogP contribution is -2.25. The summed E-state index contributed by atoms with van der Waals surface area (Å²) in [5.41, 5.74) is 6.54. The molecule has 2 nitrogen and oxygen atoms in total. The van der Waals surface area contributed by atoms with Crippen molar-refractivity contribution >= 4 is 21.6 Å². The number of rotatable bonds is 3. The van der Waals surface area contributed by atoms with Crippen molar-refractivity contribution in [1.29, 1.82) is 0 Å². The molecule has 0 spiro atoms. The van der Waals surface area contributed by atoms with E-state index in [-0.39, 0.29) is 0 Å². The second-order valence-corrected chi connectivity index (χ2v) is 5.72. The fourth-order valence-electron chi connectivity index (χ4n) is 2.51. The summed E-state index contributed by atoms with van der Waals surface area (Å²) < 4.78 is 7.06. The van der Waals surface area contributed by atoms with Gasteiger partial charge >= 0.3 is 0 Å². The first kappa shape index (κ1) is 12.7. The van der Waals surface area contributed by atoms with E-state index < -0.39 is 0 Å². The predicted octanol–water partition coefficient (Wildman–Crippen LogP) is 4.38. The number of nitrogen functional groups attached to an aromatic ring is 1. The van der Waals surface area contributed by atoms with Crippen molar-refractivity contribution < 1.29 is 4.74 Å². The zero-order valence-electron chi connectivity index (χ0n) is 10.3. The van der Waals surface area contributed by atoms with Gasteiger partial charge in [0.25, 0.3) is 0 Å². The number of hydrogen-bond donors (Lipinski definition) is 1. The van der Waals surface area contributed by atoms with Crippen LogP contribution in [0.25, 0.3) is 0 Å². The Bertz CT molecular complexity index is 380. The largest absolute Gasteiger partial charge is 0.489 e. The SMILES string of the molecule is CCC1CCCC(Oc2cc(N)ccc2Br)C1. The van der Waals surface area contributed by atoms with E-state index in [4.69, 9.17) is 10.5 Å². The molecule has 94 valence electrons. The first-order chi connectivity index (χ1) is 8.19. The van der Waals surface area contributed by atoms with Crippen molar-refractivity contribution in [2.45, 2.75) is 45.1 Å². The normalized spacial score (nSPS) is 24.6. The summed E-state index contributed by atoms with van der Waals surface area (Å²) in [6.45, 7) is 2.27. The molecule has 0 heterocycles. The van der Waals surface area contributed by atoms with E-state index >= 15 is 0 Å². The summed E-state index contributed by atoms with van der Waals surface area (Å²) in [4.78, 5) is 0. The molecule has 0 radical (unpaired) electrons. The lowest BCUT2D eigenvalue weighted by atomic mass is 9.85. The topological polar surface area (TPSA) is 35.2 Å². The van der Waals surface area contributed by atoms with Crippen LogP contribution in [0, 0.1) is 5.92 Å². The number of halogens is 1. The smallest absolute Gasteiger partial charge is 0.135 e. The summed E-state index contributed by atoms with van der Waals surface area (Å²) in [7, 11) is 0. The van der Waals surface area contributed by atoms with Crippen LogP contribution in [-0.2, 0) is 0 Å². The average molecular weight is 298 g/mol. The average Bonchev–Trinajstić information content (AvgIpc) is 2.34. The van der Waals surface area contributed by atoms with Gasteiger partial charge in [0.1, 0.15) is 5.75 Å². The van der Waals surface area contributed by atoms with Crippen LogP contribution in [0.3, 0.4) is 0 Å². The molecule has 0 aliphatic heterocycles. The molecule has 3 heteroatoms. The highest BCUT2D eigenvalue weighted by molar-refractivity contribution is 9.10. The molecule has 1 saturated carbocycles. The summed E-state index contributed by atoms with van der Waals surface area (Å²) in [5.74, 6) is 1.71. The molecule has 2 unspecified atom stereocenters. The zero-order valence-corrected chi connectivity index (χ0v) is 11.9. The minimum absolute atomic E-state index is 0.354. The Hall–Kier alpha value is -0.700. The Morgan fingerprint density at radius 3 is 3.00 bits per heavy atom. The standard InChI is InChI=1S/C14H20BrNO/c1-2-10-4-3-5-12(8-10)17-14-9-11(16)6-7-13(14)15/h6-7,9-10,12H,2-5,8,16H2,1H3. The highest BCUT2D eigenvalue weighted by Crippen LogP contribution is 2.33. The maximum atomic E-state index is 6.07. The molecule has 1 aromatic rings. The Morgan fingerprint density at radius 1 is 1.41 bits per heavy atom. The van der Waals surface area contributed by atoms with Crippen LogP contribution >= 0.6 is 15.9 Å². The summed E-state index contributed by atoms with van der Waals surface area (Å²) in [5, 5.41) is 0. The summed E-state index contributed by atoms with van der Waals surface area (Å²) in [6.07, 6.45) is 6.59. The van der Waals surface area contributed by atoms with E-state index in [0.29, 0.717) is 6.10 Å². The number of ether oxygens (including phenoxy) is 1. The van der Waals surface area contributed by atoms with Crippen molar-refractivity contribution in [3.05, 3.63) is 22.7 Å². The molecule has 1 aliphatic carbocycles. The molecular weight excluding hydrogens is 278 g/mol. The van der Waals surface area contributed by atoms with E-state index in [1.807, 2.05) is 18.2 Å². The van der Waals surface area contributed by atoms with E-state index in [1.165, 1.54) is 25.7 Å². The monoisotopic (exact) mass is 297 g/mol. The lowest BCUT2D eigenvalue weighted by molar-refractivity contribution is 0.121. The van der Waals surface area contributed by atoms with Gasteiger partial charge < -0.3 is 10.5 Å². The molecular formula is C14H20BrNO. The molecule has 0 amide bonds. The Balaban J connectivity index is 2.02. The van der Waals surface area contributed by atoms with Gasteiger partial charge in [-0.05, 0) is 53.2 Å². The Labute approximate surface area is 112 Å². The quantitative estimate of drug-likeness (QED) is 0.840. The third kappa shape index (κ3) is 3.38. The van der Waals surface area contributed by atoms with Crippen LogP contribution in [0.15, 0.2) is 22.7 Å². The van der Waals surface area contributed by atoms with Crippen molar-refractivity contribution in [2.24, 2.45) is 5.92 Å². The first-order valence-electron chi connectivity index (χ1n) is 6.40. The molecule has 1 aromatic carbocycles. The van der Waals surface area contributed by atoms with Crippen molar-refractivity contribution in [1.82, 2.24) is 0 Å². The predicted molar refractivity (Wildman–Crippen MR) is 75.2 cm³/mol. The number of anilines is 1. The van der Waals surface area contributed by atoms with Gasteiger partial charge in [-0.2, -0.15) is 0 Å². The minimum Gasteiger partial charge on any atom is -0.489 e. The highest BCUT2D eigenvalue weighted by atomic mass is 79.9. The van der Waals surface area contributed by atoms with Gasteiger partial charge in [-0.25, -0.2) is 0 Å². The Kier molecular flexibility index (Phi) is 4.32. The fraction of sp³-hybridized carbons (Fsp3) is 0.571. The maximum absolute atomic E-state index is 6.07. The molecule has 2 N–H and O–H groups in total. The third-order valence-electron chi connectivity index (χ3n) is 3.56. The molecule has 1 aliphatic rings. The van der Waals surface area contributed by atoms with Crippen LogP contribution in [0.2, 0.25) is 0 Å². The van der Waals surface area contributed by atoms with Gasteiger partial charge in [0, 0.05) is 11.8 Å². The molecule has 1 fully saturated rings. The highest BCUT2D eigenvalue weighted by Gasteiger charge is 2.22. The van der Waals surface area contributed by atoms with E-state index in [0.717, 1.165) is 28.2 Å². The second-order valence-electron chi connectivity index (χ2n) is 4.87. The van der Waals surface area contributed by atoms with E-state index in [2.05, 4.69) is 22.9 Å². The van der Waals surface area contributed by atoms with Gasteiger partial charge in [-0.15, -0.1) is 0 Å². The van der Waals surface area contributed by atoms with Gasteiger partial charge in [0.05, 0.1) is 10.6 Å². The van der Waals surface area contributed by atoms with Gasteiger partial charge in [-0.3, -0.25) is 0 Å². The minimum atomic E-state index is 0.354. The van der Waals surface area contributed by atoms with Crippen molar-refractivity contribution in [3.63, 3.8) is 0 Å². The summed E-state index contributed by atoms with van der Waals surface area (Å²) in [6, 6.07) is 5.73. The third-order valence-corrected chi connectivity index (χ3v) is 4.22. The van der Waals surface area contributed by atoms with Crippen LogP contribution in [0.4, 0.5) is 5.69 Å². The van der Waals surface area contributed by atoms with Crippen LogP contribution in [0.5, 0.6) is 5.75 Å². The fourth-order valence-corrected chi connectivity index (χ4v) is 2.85. The van der Waals surface area contributed by atoms with Gasteiger partial charge in [0.2, 0.25) is 0 Å². The maximum Gasteiger partial charge on any atom is 0.135 e. The van der Waals surface area contributed by atoms with Crippen molar-refractivity contribution in [2.75, 3.05) is 5.73 Å². The Morgan fingerprint density at radius 2 is 2.24 bits per heavy atom. The molecule has 2 atom stereocenters. The molecule has 0 saturated heterocycles. The van der Waals surface area contributed by atoms with Crippen LogP contribution in [0.1, 0.15) is 39.0 Å². The second kappa shape index (κ2) is 5.76. The lowest BCUT2D eigenvalue weighted by Gasteiger charge is -2.29. The first-order valence-corrected chi connectivity index (χ1v) is 7.20. The van der Waals surface area contributed by atoms with Gasteiger partial charge in [0.15, 0.2) is 0 Å². The van der Waals surface area contributed by atoms with Crippen molar-refractivity contribution in [3.8, 4) is 5.75 Å². The van der Waals surface area contributed by atoms with Gasteiger partial charge in [-0.1, -0.05) is 19.8 Å². The van der Waals surface area contributed by atoms with Crippen LogP contribution < -0.4 is 10.5 Å². The number of nitrogens with two attached hydrogens (primary N) is 1. The molecule has 0 aromatic heterocycles. The molecule has 17 heavy (non-hydrogen) atoms. The zero-order chi connectivity index (χ0) is 12.3. The molecule has 0 bridgehead atoms. The summed E-state index contributed by atoms with van der Waals surface area (Å²) >= 11 is 3.51. The van der Waals surface area contributed by atoms with Crippen LogP contribution in [-0.4, -0.2) is 6.10 Å². The van der Waals surface area contributed by atoms with E-state index in [9.17, 15) is 0 Å². The number of hydrogen-bond acceptors (Lipinski definition) is 2.